The SMILES string of the molecule is COc1ccc(CC(=O)N(CC(=O)N(Cc2cccn2C)CC(C)C)C2CC2)cc1. The molecule has 1 aliphatic rings. The molecule has 0 N–H and O–H groups in total. The van der Waals surface area contributed by atoms with E-state index in [4.69, 9.17) is 4.74 Å². The van der Waals surface area contributed by atoms with Gasteiger partial charge in [-0.15, -0.1) is 0 Å². The van der Waals surface area contributed by atoms with E-state index >= 15 is 0 Å². The Bertz CT molecular complexity index is 853. The number of hydrogen-bond acceptors (Lipinski definition) is 3. The van der Waals surface area contributed by atoms with Gasteiger partial charge in [-0.25, -0.2) is 0 Å². The lowest BCUT2D eigenvalue weighted by atomic mass is 10.1. The highest BCUT2D eigenvalue weighted by atomic mass is 16.5. The fraction of sp³-hybridized carbons (Fsp3) is 0.500. The Hall–Kier alpha value is -2.76. The summed E-state index contributed by atoms with van der Waals surface area (Å²) in [5, 5.41) is 0. The summed E-state index contributed by atoms with van der Waals surface area (Å²) in [5.41, 5.74) is 2.02. The van der Waals surface area contributed by atoms with Crippen LogP contribution in [0.25, 0.3) is 0 Å². The molecule has 6 heteroatoms. The van der Waals surface area contributed by atoms with Crippen molar-refractivity contribution in [3.63, 3.8) is 0 Å². The molecule has 0 bridgehead atoms. The fourth-order valence-electron chi connectivity index (χ4n) is 3.62. The van der Waals surface area contributed by atoms with Crippen molar-refractivity contribution in [2.75, 3.05) is 20.2 Å². The van der Waals surface area contributed by atoms with E-state index in [0.717, 1.165) is 29.8 Å². The van der Waals surface area contributed by atoms with E-state index in [1.165, 1.54) is 0 Å². The quantitative estimate of drug-likeness (QED) is 0.603. The van der Waals surface area contributed by atoms with Crippen LogP contribution in [0.1, 0.15) is 37.9 Å². The summed E-state index contributed by atoms with van der Waals surface area (Å²) >= 11 is 0. The fourth-order valence-corrected chi connectivity index (χ4v) is 3.62. The van der Waals surface area contributed by atoms with Crippen molar-refractivity contribution < 1.29 is 14.3 Å². The molecule has 1 aliphatic carbocycles. The number of ether oxygens (including phenoxy) is 1. The monoisotopic (exact) mass is 411 g/mol. The molecule has 6 nitrogen and oxygen atoms in total. The van der Waals surface area contributed by atoms with Crippen molar-refractivity contribution >= 4 is 11.8 Å². The van der Waals surface area contributed by atoms with Crippen molar-refractivity contribution in [2.24, 2.45) is 13.0 Å². The smallest absolute Gasteiger partial charge is 0.242 e. The summed E-state index contributed by atoms with van der Waals surface area (Å²) in [7, 11) is 3.61. The Morgan fingerprint density at radius 3 is 2.37 bits per heavy atom. The first-order chi connectivity index (χ1) is 14.4. The number of carbonyl (C=O) groups excluding carboxylic acids is 2. The van der Waals surface area contributed by atoms with Gasteiger partial charge in [-0.05, 0) is 48.6 Å². The maximum Gasteiger partial charge on any atom is 0.242 e. The van der Waals surface area contributed by atoms with Crippen LogP contribution in [0.2, 0.25) is 0 Å². The van der Waals surface area contributed by atoms with Gasteiger partial charge in [0.05, 0.1) is 20.1 Å². The summed E-state index contributed by atoms with van der Waals surface area (Å²) in [6.07, 6.45) is 4.24. The number of amides is 2. The minimum absolute atomic E-state index is 0.0133. The molecular weight excluding hydrogens is 378 g/mol. The largest absolute Gasteiger partial charge is 0.497 e. The second-order valence-corrected chi connectivity index (χ2v) is 8.56. The Labute approximate surface area is 179 Å². The molecular formula is C24H33N3O3. The van der Waals surface area contributed by atoms with Crippen LogP contribution in [0, 0.1) is 5.92 Å². The van der Waals surface area contributed by atoms with Crippen LogP contribution in [0.5, 0.6) is 5.75 Å². The summed E-state index contributed by atoms with van der Waals surface area (Å²) < 4.78 is 7.22. The Morgan fingerprint density at radius 1 is 1.13 bits per heavy atom. The highest BCUT2D eigenvalue weighted by molar-refractivity contribution is 5.86. The van der Waals surface area contributed by atoms with Gasteiger partial charge in [0.15, 0.2) is 0 Å². The third-order valence-corrected chi connectivity index (χ3v) is 5.47. The lowest BCUT2D eigenvalue weighted by Crippen LogP contribution is -2.45. The summed E-state index contributed by atoms with van der Waals surface area (Å²) in [4.78, 5) is 29.9. The molecule has 0 saturated heterocycles. The van der Waals surface area contributed by atoms with E-state index in [-0.39, 0.29) is 24.4 Å². The number of carbonyl (C=O) groups is 2. The van der Waals surface area contributed by atoms with Gasteiger partial charge in [0, 0.05) is 31.5 Å². The third kappa shape index (κ3) is 5.88. The topological polar surface area (TPSA) is 54.8 Å². The van der Waals surface area contributed by atoms with Crippen LogP contribution < -0.4 is 4.74 Å². The molecule has 1 heterocycles. The minimum atomic E-state index is 0.0133. The van der Waals surface area contributed by atoms with Crippen molar-refractivity contribution in [2.45, 2.75) is 45.7 Å². The Kier molecular flexibility index (Phi) is 7.19. The molecule has 1 saturated carbocycles. The second kappa shape index (κ2) is 9.83. The minimum Gasteiger partial charge on any atom is -0.497 e. The predicted molar refractivity (Wildman–Crippen MR) is 117 cm³/mol. The van der Waals surface area contributed by atoms with E-state index in [9.17, 15) is 9.59 Å². The molecule has 0 atom stereocenters. The summed E-state index contributed by atoms with van der Waals surface area (Å²) in [5.74, 6) is 1.16. The van der Waals surface area contributed by atoms with E-state index in [1.54, 1.807) is 12.0 Å². The van der Waals surface area contributed by atoms with Gasteiger partial charge >= 0.3 is 0 Å². The van der Waals surface area contributed by atoms with Crippen LogP contribution >= 0.6 is 0 Å². The Balaban J connectivity index is 1.67. The van der Waals surface area contributed by atoms with Gasteiger partial charge < -0.3 is 19.1 Å². The molecule has 0 spiro atoms. The number of rotatable bonds is 10. The number of hydrogen-bond donors (Lipinski definition) is 0. The summed E-state index contributed by atoms with van der Waals surface area (Å²) in [6, 6.07) is 11.7. The molecule has 0 unspecified atom stereocenters. The predicted octanol–water partition coefficient (Wildman–Crippen LogP) is 3.25. The van der Waals surface area contributed by atoms with Gasteiger partial charge in [0.1, 0.15) is 12.3 Å². The highest BCUT2D eigenvalue weighted by Crippen LogP contribution is 2.28. The van der Waals surface area contributed by atoms with Crippen molar-refractivity contribution in [3.05, 3.63) is 53.9 Å². The van der Waals surface area contributed by atoms with Crippen molar-refractivity contribution in [3.8, 4) is 5.75 Å². The normalized spacial score (nSPS) is 13.4. The van der Waals surface area contributed by atoms with Gasteiger partial charge in [-0.1, -0.05) is 26.0 Å². The lowest BCUT2D eigenvalue weighted by molar-refractivity contribution is -0.141. The maximum absolute atomic E-state index is 13.2. The Morgan fingerprint density at radius 2 is 1.83 bits per heavy atom. The first kappa shape index (κ1) is 21.9. The maximum atomic E-state index is 13.2. The molecule has 1 fully saturated rings. The molecule has 1 aromatic heterocycles. The average Bonchev–Trinajstić information content (AvgIpc) is 3.48. The zero-order valence-corrected chi connectivity index (χ0v) is 18.5. The van der Waals surface area contributed by atoms with Crippen LogP contribution in [0.3, 0.4) is 0 Å². The number of nitrogens with zero attached hydrogens (tertiary/aromatic N) is 3. The third-order valence-electron chi connectivity index (χ3n) is 5.47. The zero-order chi connectivity index (χ0) is 21.7. The van der Waals surface area contributed by atoms with Crippen LogP contribution in [0.15, 0.2) is 42.6 Å². The van der Waals surface area contributed by atoms with Gasteiger partial charge in [-0.3, -0.25) is 9.59 Å². The van der Waals surface area contributed by atoms with E-state index < -0.39 is 0 Å². The lowest BCUT2D eigenvalue weighted by Gasteiger charge is -2.29. The van der Waals surface area contributed by atoms with Crippen LogP contribution in [-0.2, 0) is 29.6 Å². The number of methoxy groups -OCH3 is 1. The first-order valence-corrected chi connectivity index (χ1v) is 10.7. The summed E-state index contributed by atoms with van der Waals surface area (Å²) in [6.45, 7) is 5.61. The molecule has 2 amide bonds. The van der Waals surface area contributed by atoms with E-state index in [1.807, 2.05) is 59.1 Å². The molecule has 0 radical (unpaired) electrons. The van der Waals surface area contributed by atoms with E-state index in [0.29, 0.717) is 25.4 Å². The van der Waals surface area contributed by atoms with Gasteiger partial charge in [0.25, 0.3) is 0 Å². The molecule has 162 valence electrons. The highest BCUT2D eigenvalue weighted by Gasteiger charge is 2.34. The van der Waals surface area contributed by atoms with Crippen molar-refractivity contribution in [1.82, 2.24) is 14.4 Å². The van der Waals surface area contributed by atoms with Crippen LogP contribution in [-0.4, -0.2) is 52.4 Å². The van der Waals surface area contributed by atoms with Gasteiger partial charge in [0.2, 0.25) is 11.8 Å². The van der Waals surface area contributed by atoms with Crippen LogP contribution in [0.4, 0.5) is 0 Å². The molecule has 3 rings (SSSR count). The molecule has 1 aromatic carbocycles. The second-order valence-electron chi connectivity index (χ2n) is 8.56. The molecule has 2 aromatic rings. The molecule has 0 aliphatic heterocycles. The van der Waals surface area contributed by atoms with Gasteiger partial charge in [-0.2, -0.15) is 0 Å². The number of aryl methyl sites for hydroxylation is 1. The zero-order valence-electron chi connectivity index (χ0n) is 18.5. The molecule has 30 heavy (non-hydrogen) atoms. The van der Waals surface area contributed by atoms with Crippen molar-refractivity contribution in [1.29, 1.82) is 0 Å². The van der Waals surface area contributed by atoms with E-state index in [2.05, 4.69) is 13.8 Å². The number of aromatic nitrogens is 1. The number of benzene rings is 1. The first-order valence-electron chi connectivity index (χ1n) is 10.7. The standard InChI is InChI=1S/C24H33N3O3/c1-18(2)15-26(16-21-6-5-13-25(21)3)24(29)17-27(20-9-10-20)23(28)14-19-7-11-22(30-4)12-8-19/h5-8,11-13,18,20H,9-10,14-17H2,1-4H3. The average molecular weight is 412 g/mol.